The third-order valence-corrected chi connectivity index (χ3v) is 3.85. The van der Waals surface area contributed by atoms with Gasteiger partial charge in [-0.3, -0.25) is 48.2 Å². The summed E-state index contributed by atoms with van der Waals surface area (Å²) in [6.45, 7) is -4.15. The zero-order valence-electron chi connectivity index (χ0n) is 22.3. The number of hydrogen-bond donors (Lipinski definition) is 8. The SMILES string of the molecule is O=C(O)CN(CCN(CC(=O)O)CC(=O)O)CC(=O)O.O=C(O)CN([CH-]N(CC(=O)O)CC(=O)O)CC(=O)O.[Na+].[Na+]. The van der Waals surface area contributed by atoms with Gasteiger partial charge in [0.25, 0.3) is 0 Å². The van der Waals surface area contributed by atoms with Crippen LogP contribution in [0.1, 0.15) is 0 Å². The molecule has 0 aliphatic carbocycles. The van der Waals surface area contributed by atoms with E-state index in [2.05, 4.69) is 0 Å². The second kappa shape index (κ2) is 25.3. The van der Waals surface area contributed by atoms with Crippen LogP contribution in [0.3, 0.4) is 0 Å². The summed E-state index contributed by atoms with van der Waals surface area (Å²) in [4.78, 5) is 88.0. The van der Waals surface area contributed by atoms with Gasteiger partial charge in [-0.1, -0.05) is 0 Å². The molecule has 0 bridgehead atoms. The molecule has 0 heterocycles. The standard InChI is InChI=1S/C10H16N2O8.C9H13N2O8.2Na/c13-7(14)3-11(4-8(15)16)1-2-12(5-9(17)18)6-10(19)20;12-6(13)1-10(2-7(14)15)5-11(3-8(16)17)4-9(18)19;;/h1-6H2,(H,13,14)(H,15,16)(H,17,18)(H,19,20);5H,1-4H2,(H,12,13)(H,14,15)(H,16,17)(H,18,19);;/q;-1;2*+1. The number of aliphatic carboxylic acids is 8. The molecule has 20 nitrogen and oxygen atoms in total. The van der Waals surface area contributed by atoms with Crippen molar-refractivity contribution in [3.63, 3.8) is 0 Å². The number of carboxylic acids is 8. The monoisotopic (exact) mass is 615 g/mol. The molecule has 0 unspecified atom stereocenters. The first-order valence-electron chi connectivity index (χ1n) is 10.4. The van der Waals surface area contributed by atoms with Crippen LogP contribution in [0.5, 0.6) is 0 Å². The van der Waals surface area contributed by atoms with Gasteiger partial charge in [-0.2, -0.15) is 0 Å². The molecule has 0 aliphatic heterocycles. The molecule has 0 aromatic rings. The molecular weight excluding hydrogens is 586 g/mol. The van der Waals surface area contributed by atoms with E-state index in [-0.39, 0.29) is 72.2 Å². The zero-order valence-corrected chi connectivity index (χ0v) is 26.3. The Balaban J connectivity index is -0.000000319. The number of carbonyl (C=O) groups is 8. The summed E-state index contributed by atoms with van der Waals surface area (Å²) in [5.74, 6) is -10.2. The van der Waals surface area contributed by atoms with Gasteiger partial charge in [0.1, 0.15) is 0 Å². The van der Waals surface area contributed by atoms with Gasteiger partial charge < -0.3 is 50.7 Å². The maximum atomic E-state index is 10.6. The van der Waals surface area contributed by atoms with Crippen molar-refractivity contribution in [1.29, 1.82) is 0 Å². The van der Waals surface area contributed by atoms with E-state index in [1.165, 1.54) is 0 Å². The molecule has 0 radical (unpaired) electrons. The minimum absolute atomic E-state index is 0. The first-order valence-corrected chi connectivity index (χ1v) is 10.4. The van der Waals surface area contributed by atoms with E-state index in [1.54, 1.807) is 0 Å². The Morgan fingerprint density at radius 2 is 0.537 bits per heavy atom. The molecule has 0 aromatic carbocycles. The van der Waals surface area contributed by atoms with Crippen molar-refractivity contribution in [3.05, 3.63) is 6.67 Å². The van der Waals surface area contributed by atoms with Crippen LogP contribution in [0.15, 0.2) is 0 Å². The van der Waals surface area contributed by atoms with E-state index in [0.29, 0.717) is 0 Å². The normalized spacial score (nSPS) is 10.1. The van der Waals surface area contributed by atoms with Gasteiger partial charge in [0, 0.05) is 13.1 Å². The van der Waals surface area contributed by atoms with Gasteiger partial charge in [-0.05, 0) is 0 Å². The van der Waals surface area contributed by atoms with E-state index < -0.39 is 100 Å². The quantitative estimate of drug-likeness (QED) is 0.0439. The summed E-state index contributed by atoms with van der Waals surface area (Å²) in [5, 5.41) is 68.7. The van der Waals surface area contributed by atoms with Crippen molar-refractivity contribution in [1.82, 2.24) is 19.6 Å². The van der Waals surface area contributed by atoms with Crippen LogP contribution < -0.4 is 59.1 Å². The molecule has 0 atom stereocenters. The fourth-order valence-electron chi connectivity index (χ4n) is 2.68. The zero-order chi connectivity index (χ0) is 30.7. The van der Waals surface area contributed by atoms with Crippen molar-refractivity contribution in [3.8, 4) is 0 Å². The van der Waals surface area contributed by atoms with E-state index in [4.69, 9.17) is 40.9 Å². The van der Waals surface area contributed by atoms with Gasteiger partial charge >= 0.3 is 107 Å². The molecular formula is C19H29N4Na2O16+. The van der Waals surface area contributed by atoms with Crippen LogP contribution in [-0.4, -0.2) is 174 Å². The van der Waals surface area contributed by atoms with Crippen LogP contribution in [0.2, 0.25) is 0 Å². The third-order valence-electron chi connectivity index (χ3n) is 3.85. The first kappa shape index (κ1) is 45.6. The predicted octanol–water partition coefficient (Wildman–Crippen LogP) is -10.0. The summed E-state index contributed by atoms with van der Waals surface area (Å²) in [5.41, 5.74) is 0. The van der Waals surface area contributed by atoms with Crippen molar-refractivity contribution in [2.75, 3.05) is 65.4 Å². The second-order valence-corrected chi connectivity index (χ2v) is 7.50. The molecule has 0 fully saturated rings. The summed E-state index contributed by atoms with van der Waals surface area (Å²) in [6, 6.07) is 0. The van der Waals surface area contributed by atoms with Crippen LogP contribution in [0.25, 0.3) is 0 Å². The summed E-state index contributed by atoms with van der Waals surface area (Å²) < 4.78 is 0. The van der Waals surface area contributed by atoms with Gasteiger partial charge in [0.05, 0.1) is 52.4 Å². The molecule has 0 saturated heterocycles. The molecule has 0 aromatic heterocycles. The molecule has 0 rings (SSSR count). The average Bonchev–Trinajstić information content (AvgIpc) is 2.68. The van der Waals surface area contributed by atoms with Crippen LogP contribution in [0, 0.1) is 6.67 Å². The Morgan fingerprint density at radius 3 is 0.683 bits per heavy atom. The smallest absolute Gasteiger partial charge is 0.480 e. The van der Waals surface area contributed by atoms with E-state index in [9.17, 15) is 38.4 Å². The van der Waals surface area contributed by atoms with Crippen molar-refractivity contribution >= 4 is 47.8 Å². The minimum Gasteiger partial charge on any atom is -0.480 e. The Morgan fingerprint density at radius 1 is 0.366 bits per heavy atom. The Kier molecular flexibility index (Phi) is 28.2. The molecule has 0 aliphatic rings. The Labute approximate surface area is 276 Å². The number of nitrogens with zero attached hydrogens (tertiary/aromatic N) is 4. The minimum atomic E-state index is -1.33. The van der Waals surface area contributed by atoms with Crippen molar-refractivity contribution < 1.29 is 138 Å². The molecule has 0 amide bonds. The summed E-state index contributed by atoms with van der Waals surface area (Å²) in [6.07, 6.45) is 0. The van der Waals surface area contributed by atoms with Crippen LogP contribution in [0.4, 0.5) is 0 Å². The van der Waals surface area contributed by atoms with Crippen molar-refractivity contribution in [2.24, 2.45) is 0 Å². The fraction of sp³-hybridized carbons (Fsp3) is 0.526. The first-order chi connectivity index (χ1) is 17.9. The summed E-state index contributed by atoms with van der Waals surface area (Å²) in [7, 11) is 0. The van der Waals surface area contributed by atoms with E-state index in [0.717, 1.165) is 26.3 Å². The number of carboxylic acid groups (broad SMARTS) is 8. The number of hydrogen-bond acceptors (Lipinski definition) is 12. The van der Waals surface area contributed by atoms with Gasteiger partial charge in [-0.15, -0.1) is 0 Å². The van der Waals surface area contributed by atoms with E-state index in [1.807, 2.05) is 0 Å². The number of rotatable bonds is 21. The Bertz CT molecular complexity index is 772. The topological polar surface area (TPSA) is 311 Å². The molecule has 222 valence electrons. The van der Waals surface area contributed by atoms with Crippen LogP contribution >= 0.6 is 0 Å². The molecule has 0 spiro atoms. The maximum Gasteiger partial charge on any atom is 1.00 e. The molecule has 41 heavy (non-hydrogen) atoms. The molecule has 22 heteroatoms. The largest absolute Gasteiger partial charge is 1.00 e. The Hall–Kier alpha value is -2.40. The van der Waals surface area contributed by atoms with Gasteiger partial charge in [0.2, 0.25) is 0 Å². The second-order valence-electron chi connectivity index (χ2n) is 7.50. The molecule has 0 saturated carbocycles. The van der Waals surface area contributed by atoms with Crippen LogP contribution in [-0.2, 0) is 38.4 Å². The predicted molar refractivity (Wildman–Crippen MR) is 121 cm³/mol. The summed E-state index contributed by atoms with van der Waals surface area (Å²) >= 11 is 0. The third kappa shape index (κ3) is 32.0. The molecule has 8 N–H and O–H groups in total. The van der Waals surface area contributed by atoms with Crippen molar-refractivity contribution in [2.45, 2.75) is 0 Å². The maximum absolute atomic E-state index is 10.6. The average molecular weight is 615 g/mol. The van der Waals surface area contributed by atoms with Gasteiger partial charge in [0.15, 0.2) is 0 Å². The van der Waals surface area contributed by atoms with Gasteiger partial charge in [-0.25, -0.2) is 6.67 Å². The fourth-order valence-corrected chi connectivity index (χ4v) is 2.68. The van der Waals surface area contributed by atoms with E-state index >= 15 is 0 Å².